The molecule has 0 aromatic carbocycles. The van der Waals surface area contributed by atoms with Crippen LogP contribution < -0.4 is 5.32 Å². The minimum atomic E-state index is -0.152. The fourth-order valence-corrected chi connectivity index (χ4v) is 4.64. The van der Waals surface area contributed by atoms with Gasteiger partial charge in [-0.15, -0.1) is 0 Å². The lowest BCUT2D eigenvalue weighted by atomic mass is 9.85. The number of nitrogens with zero attached hydrogens (tertiary/aromatic N) is 2. The van der Waals surface area contributed by atoms with E-state index >= 15 is 0 Å². The van der Waals surface area contributed by atoms with Gasteiger partial charge in [-0.3, -0.25) is 9.59 Å². The summed E-state index contributed by atoms with van der Waals surface area (Å²) in [5.74, 6) is 1.99. The molecular weight excluding hydrogens is 342 g/mol. The molecular formula is C21H31N3O3. The molecule has 2 atom stereocenters. The van der Waals surface area contributed by atoms with Crippen molar-refractivity contribution in [3.63, 3.8) is 0 Å². The van der Waals surface area contributed by atoms with Gasteiger partial charge < -0.3 is 14.7 Å². The summed E-state index contributed by atoms with van der Waals surface area (Å²) in [6, 6.07) is 1.88. The summed E-state index contributed by atoms with van der Waals surface area (Å²) in [5.41, 5.74) is 0.382. The van der Waals surface area contributed by atoms with Gasteiger partial charge in [0.05, 0.1) is 0 Å². The van der Waals surface area contributed by atoms with E-state index in [1.165, 1.54) is 19.3 Å². The summed E-state index contributed by atoms with van der Waals surface area (Å²) in [7, 11) is 0. The number of carbonyl (C=O) groups is 2. The molecule has 148 valence electrons. The standard InChI is InChI=1S/C21H31N3O3/c1-2-14-13-24(21(26)16-6-4-3-5-7-16)11-10-17(14)22-20(25)18-12-19(27-23-18)15-8-9-15/h12,14-17H,2-11,13H2,1H3,(H,22,25)/t14-,17-/m0/s1. The number of amides is 2. The van der Waals surface area contributed by atoms with E-state index in [0.29, 0.717) is 23.4 Å². The molecule has 27 heavy (non-hydrogen) atoms. The first-order valence-corrected chi connectivity index (χ1v) is 10.7. The minimum absolute atomic E-state index is 0.0963. The molecule has 1 N–H and O–H groups in total. The Bertz CT molecular complexity index is 676. The molecule has 0 radical (unpaired) electrons. The van der Waals surface area contributed by atoms with Crippen LogP contribution >= 0.6 is 0 Å². The molecule has 6 heteroatoms. The number of nitrogens with one attached hydrogen (secondary N) is 1. The highest BCUT2D eigenvalue weighted by atomic mass is 16.5. The van der Waals surface area contributed by atoms with Crippen molar-refractivity contribution in [3.05, 3.63) is 17.5 Å². The van der Waals surface area contributed by atoms with Crippen molar-refractivity contribution < 1.29 is 14.1 Å². The quantitative estimate of drug-likeness (QED) is 0.857. The summed E-state index contributed by atoms with van der Waals surface area (Å²) >= 11 is 0. The summed E-state index contributed by atoms with van der Waals surface area (Å²) in [4.78, 5) is 27.5. The topological polar surface area (TPSA) is 75.4 Å². The second-order valence-corrected chi connectivity index (χ2v) is 8.54. The van der Waals surface area contributed by atoms with Crippen molar-refractivity contribution in [1.29, 1.82) is 0 Å². The molecule has 3 aliphatic rings. The fraction of sp³-hybridized carbons (Fsp3) is 0.762. The smallest absolute Gasteiger partial charge is 0.273 e. The third-order valence-corrected chi connectivity index (χ3v) is 6.58. The SMILES string of the molecule is CC[C@H]1CN(C(=O)C2CCCCC2)CC[C@@H]1NC(=O)c1cc(C2CC2)on1. The van der Waals surface area contributed by atoms with Gasteiger partial charge in [0.15, 0.2) is 5.69 Å². The molecule has 4 rings (SSSR count). The number of hydrogen-bond acceptors (Lipinski definition) is 4. The van der Waals surface area contributed by atoms with E-state index < -0.39 is 0 Å². The second-order valence-electron chi connectivity index (χ2n) is 8.54. The molecule has 0 unspecified atom stereocenters. The van der Waals surface area contributed by atoms with E-state index in [2.05, 4.69) is 17.4 Å². The first-order chi connectivity index (χ1) is 13.2. The maximum Gasteiger partial charge on any atom is 0.273 e. The number of rotatable bonds is 5. The Kier molecular flexibility index (Phi) is 5.50. The highest BCUT2D eigenvalue weighted by Gasteiger charge is 2.35. The van der Waals surface area contributed by atoms with Crippen LogP contribution in [-0.2, 0) is 4.79 Å². The Balaban J connectivity index is 1.33. The third-order valence-electron chi connectivity index (χ3n) is 6.58. The van der Waals surface area contributed by atoms with Crippen molar-refractivity contribution in [2.75, 3.05) is 13.1 Å². The molecule has 2 saturated carbocycles. The molecule has 2 heterocycles. The zero-order valence-corrected chi connectivity index (χ0v) is 16.3. The average Bonchev–Trinajstić information content (AvgIpc) is 3.44. The van der Waals surface area contributed by atoms with E-state index in [9.17, 15) is 9.59 Å². The molecule has 2 aliphatic carbocycles. The van der Waals surface area contributed by atoms with Crippen molar-refractivity contribution in [1.82, 2.24) is 15.4 Å². The molecule has 0 bridgehead atoms. The summed E-state index contributed by atoms with van der Waals surface area (Å²) in [6.45, 7) is 3.63. The van der Waals surface area contributed by atoms with Crippen LogP contribution in [0.25, 0.3) is 0 Å². The van der Waals surface area contributed by atoms with E-state index in [1.54, 1.807) is 6.07 Å². The Morgan fingerprint density at radius 2 is 1.96 bits per heavy atom. The van der Waals surface area contributed by atoms with Crippen LogP contribution in [0.15, 0.2) is 10.6 Å². The molecule has 1 aliphatic heterocycles. The summed E-state index contributed by atoms with van der Waals surface area (Å²) < 4.78 is 5.30. The van der Waals surface area contributed by atoms with Crippen LogP contribution in [0.2, 0.25) is 0 Å². The summed E-state index contributed by atoms with van der Waals surface area (Å²) in [6.07, 6.45) is 9.73. The molecule has 0 spiro atoms. The van der Waals surface area contributed by atoms with Gasteiger partial charge in [-0.1, -0.05) is 31.3 Å². The van der Waals surface area contributed by atoms with E-state index in [0.717, 1.165) is 57.4 Å². The predicted octanol–water partition coefficient (Wildman–Crippen LogP) is 3.49. The van der Waals surface area contributed by atoms with Crippen LogP contribution in [0.3, 0.4) is 0 Å². The normalized spacial score (nSPS) is 26.8. The van der Waals surface area contributed by atoms with Gasteiger partial charge in [-0.2, -0.15) is 0 Å². The van der Waals surface area contributed by atoms with Crippen LogP contribution in [0.4, 0.5) is 0 Å². The largest absolute Gasteiger partial charge is 0.360 e. The number of carbonyl (C=O) groups excluding carboxylic acids is 2. The first-order valence-electron chi connectivity index (χ1n) is 10.7. The van der Waals surface area contributed by atoms with Crippen LogP contribution in [-0.4, -0.2) is 41.0 Å². The molecule has 2 amide bonds. The Morgan fingerprint density at radius 3 is 2.67 bits per heavy atom. The fourth-order valence-electron chi connectivity index (χ4n) is 4.64. The van der Waals surface area contributed by atoms with Gasteiger partial charge >= 0.3 is 0 Å². The zero-order valence-electron chi connectivity index (χ0n) is 16.3. The first kappa shape index (κ1) is 18.5. The van der Waals surface area contributed by atoms with Gasteiger partial charge in [0, 0.05) is 37.0 Å². The van der Waals surface area contributed by atoms with Gasteiger partial charge in [0.2, 0.25) is 5.91 Å². The molecule has 3 fully saturated rings. The molecule has 1 aromatic rings. The number of likely N-dealkylation sites (tertiary alicyclic amines) is 1. The molecule has 1 aromatic heterocycles. The van der Waals surface area contributed by atoms with Gasteiger partial charge in [-0.05, 0) is 44.4 Å². The number of piperidine rings is 1. The lowest BCUT2D eigenvalue weighted by Crippen LogP contribution is -2.53. The van der Waals surface area contributed by atoms with E-state index in [-0.39, 0.29) is 17.9 Å². The van der Waals surface area contributed by atoms with E-state index in [1.807, 2.05) is 4.90 Å². The Morgan fingerprint density at radius 1 is 1.19 bits per heavy atom. The maximum absolute atomic E-state index is 12.9. The van der Waals surface area contributed by atoms with Gasteiger partial charge in [0.25, 0.3) is 5.91 Å². The highest BCUT2D eigenvalue weighted by Crippen LogP contribution is 2.40. The second kappa shape index (κ2) is 8.03. The zero-order chi connectivity index (χ0) is 18.8. The molecule has 6 nitrogen and oxygen atoms in total. The van der Waals surface area contributed by atoms with E-state index in [4.69, 9.17) is 4.52 Å². The summed E-state index contributed by atoms with van der Waals surface area (Å²) in [5, 5.41) is 7.09. The number of aromatic nitrogens is 1. The maximum atomic E-state index is 12.9. The van der Waals surface area contributed by atoms with Crippen LogP contribution in [0.5, 0.6) is 0 Å². The van der Waals surface area contributed by atoms with Gasteiger partial charge in [0.1, 0.15) is 5.76 Å². The van der Waals surface area contributed by atoms with Crippen molar-refractivity contribution in [3.8, 4) is 0 Å². The lowest BCUT2D eigenvalue weighted by molar-refractivity contribution is -0.138. The predicted molar refractivity (Wildman–Crippen MR) is 101 cm³/mol. The van der Waals surface area contributed by atoms with Crippen molar-refractivity contribution in [2.45, 2.75) is 76.7 Å². The van der Waals surface area contributed by atoms with Crippen LogP contribution in [0.1, 0.15) is 86.9 Å². The average molecular weight is 373 g/mol. The number of hydrogen-bond donors (Lipinski definition) is 1. The Hall–Kier alpha value is -1.85. The lowest BCUT2D eigenvalue weighted by Gasteiger charge is -2.40. The van der Waals surface area contributed by atoms with Gasteiger partial charge in [-0.25, -0.2) is 0 Å². The van der Waals surface area contributed by atoms with Crippen molar-refractivity contribution in [2.24, 2.45) is 11.8 Å². The van der Waals surface area contributed by atoms with Crippen LogP contribution in [0, 0.1) is 11.8 Å². The van der Waals surface area contributed by atoms with Crippen molar-refractivity contribution >= 4 is 11.8 Å². The molecule has 1 saturated heterocycles. The highest BCUT2D eigenvalue weighted by molar-refractivity contribution is 5.92. The Labute approximate surface area is 161 Å². The third kappa shape index (κ3) is 4.19. The monoisotopic (exact) mass is 373 g/mol. The minimum Gasteiger partial charge on any atom is -0.360 e.